The molecule has 0 aromatic heterocycles. The Hall–Kier alpha value is -2.32. The topological polar surface area (TPSA) is 105 Å². The SMILES string of the molecule is CC/C=C\C/C=C\C/C=C\C/C=C\C/C=C\CCCCCCCCCCCCCCCCCCCCCC(=O)NC(COP(=O)(O)OCC[N+](C)(C)C)C(O)/C=C/CC/C=C/CCCCCCCCCCCCCCCCCCCCCCCCCCCC. The van der Waals surface area contributed by atoms with Gasteiger partial charge in [-0.15, -0.1) is 0 Å². The van der Waals surface area contributed by atoms with E-state index in [0.29, 0.717) is 17.4 Å². The van der Waals surface area contributed by atoms with E-state index in [-0.39, 0.29) is 19.1 Å². The van der Waals surface area contributed by atoms with E-state index in [1.165, 1.54) is 276 Å². The van der Waals surface area contributed by atoms with Gasteiger partial charge in [-0.1, -0.05) is 369 Å². The molecule has 1 amide bonds. The van der Waals surface area contributed by atoms with Gasteiger partial charge in [-0.3, -0.25) is 13.8 Å². The van der Waals surface area contributed by atoms with Crippen LogP contribution in [0.5, 0.6) is 0 Å². The van der Waals surface area contributed by atoms with Crippen molar-refractivity contribution < 1.29 is 32.9 Å². The van der Waals surface area contributed by atoms with Crippen molar-refractivity contribution >= 4 is 13.7 Å². The standard InChI is InChI=1S/C80H149N2O6P/c1-6-8-10-12-14-16-18-20-22-24-26-28-30-32-34-36-38-40-41-42-44-46-48-50-52-54-56-58-60-62-64-66-68-70-72-74-80(84)81-78(77-88-89(85,86)87-76-75-82(3,4)5)79(83)73-71-69-67-65-63-61-59-57-55-53-51-49-47-45-43-39-37-35-33-31-29-27-25-23-21-19-17-15-13-11-9-7-2/h8,10,14,16,20,22,26,28,32,34,63,65,71,73,78-79,83H,6-7,9,11-13,15,17-19,21,23-25,27,29-31,33,35-62,64,66-70,72,74-77H2,1-5H3,(H-,81,84,85,86)/p+1/b10-8-,16-14-,22-20-,28-26-,34-32-,65-63+,73-71+. The number of phosphoric ester groups is 1. The summed E-state index contributed by atoms with van der Waals surface area (Å²) in [7, 11) is 1.56. The molecule has 0 spiro atoms. The molecule has 0 bridgehead atoms. The van der Waals surface area contributed by atoms with Crippen molar-refractivity contribution in [1.29, 1.82) is 0 Å². The number of phosphoric acid groups is 1. The van der Waals surface area contributed by atoms with E-state index >= 15 is 0 Å². The second-order valence-corrected chi connectivity index (χ2v) is 28.8. The summed E-state index contributed by atoms with van der Waals surface area (Å²) in [6.07, 6.45) is 101. The van der Waals surface area contributed by atoms with Crippen LogP contribution in [0.2, 0.25) is 0 Å². The van der Waals surface area contributed by atoms with Crippen molar-refractivity contribution in [2.75, 3.05) is 40.9 Å². The molecule has 89 heavy (non-hydrogen) atoms. The van der Waals surface area contributed by atoms with Crippen LogP contribution in [0.4, 0.5) is 0 Å². The second kappa shape index (κ2) is 70.0. The maximum atomic E-state index is 13.1. The fourth-order valence-electron chi connectivity index (χ4n) is 11.4. The maximum Gasteiger partial charge on any atom is 0.472 e. The van der Waals surface area contributed by atoms with Crippen LogP contribution in [-0.4, -0.2) is 73.4 Å². The summed E-state index contributed by atoms with van der Waals surface area (Å²) < 4.78 is 23.9. The molecule has 3 atom stereocenters. The number of nitrogens with one attached hydrogen (secondary N) is 1. The number of aliphatic hydroxyl groups is 1. The number of carbonyl (C=O) groups excluding carboxylic acids is 1. The number of hydrogen-bond acceptors (Lipinski definition) is 5. The first-order valence-electron chi connectivity index (χ1n) is 38.5. The van der Waals surface area contributed by atoms with Crippen LogP contribution in [0.1, 0.15) is 367 Å². The summed E-state index contributed by atoms with van der Waals surface area (Å²) in [5.41, 5.74) is 0. The normalized spacial score (nSPS) is 14.0. The molecule has 0 heterocycles. The molecule has 0 aliphatic rings. The Bertz CT molecular complexity index is 1730. The van der Waals surface area contributed by atoms with Crippen molar-refractivity contribution in [2.24, 2.45) is 0 Å². The molecule has 0 saturated heterocycles. The van der Waals surface area contributed by atoms with Crippen LogP contribution in [0.3, 0.4) is 0 Å². The van der Waals surface area contributed by atoms with Crippen molar-refractivity contribution in [3.05, 3.63) is 85.1 Å². The molecule has 9 heteroatoms. The quantitative estimate of drug-likeness (QED) is 0.0243. The Kier molecular flexibility index (Phi) is 68.2. The lowest BCUT2D eigenvalue weighted by atomic mass is 10.0. The Balaban J connectivity index is 4.03. The van der Waals surface area contributed by atoms with Crippen LogP contribution >= 0.6 is 7.82 Å². The summed E-state index contributed by atoms with van der Waals surface area (Å²) in [6, 6.07) is -0.868. The Morgan fingerprint density at radius 2 is 0.685 bits per heavy atom. The average molecular weight is 1270 g/mol. The highest BCUT2D eigenvalue weighted by molar-refractivity contribution is 7.47. The smallest absolute Gasteiger partial charge is 0.387 e. The van der Waals surface area contributed by atoms with Gasteiger partial charge in [0.05, 0.1) is 39.9 Å². The molecule has 8 nitrogen and oxygen atoms in total. The van der Waals surface area contributed by atoms with Gasteiger partial charge in [0.15, 0.2) is 0 Å². The highest BCUT2D eigenvalue weighted by atomic mass is 31.2. The predicted molar refractivity (Wildman–Crippen MR) is 392 cm³/mol. The number of amides is 1. The molecule has 520 valence electrons. The number of nitrogens with zero attached hydrogens (tertiary/aromatic N) is 1. The van der Waals surface area contributed by atoms with E-state index in [4.69, 9.17) is 9.05 Å². The highest BCUT2D eigenvalue weighted by Crippen LogP contribution is 2.43. The Labute approximate surface area is 554 Å². The third kappa shape index (κ3) is 73.0. The van der Waals surface area contributed by atoms with Crippen LogP contribution < -0.4 is 5.32 Å². The van der Waals surface area contributed by atoms with Crippen LogP contribution in [0.15, 0.2) is 85.1 Å². The lowest BCUT2D eigenvalue weighted by molar-refractivity contribution is -0.870. The summed E-state index contributed by atoms with van der Waals surface area (Å²) in [6.45, 7) is 4.73. The molecule has 0 rings (SSSR count). The van der Waals surface area contributed by atoms with E-state index in [2.05, 4.69) is 92.1 Å². The van der Waals surface area contributed by atoms with Gasteiger partial charge < -0.3 is 19.8 Å². The largest absolute Gasteiger partial charge is 0.472 e. The van der Waals surface area contributed by atoms with E-state index in [9.17, 15) is 19.4 Å². The fraction of sp³-hybridized carbons (Fsp3) is 0.812. The van der Waals surface area contributed by atoms with E-state index in [0.717, 1.165) is 70.6 Å². The molecule has 0 fully saturated rings. The van der Waals surface area contributed by atoms with Gasteiger partial charge in [-0.2, -0.15) is 0 Å². The second-order valence-electron chi connectivity index (χ2n) is 27.3. The predicted octanol–water partition coefficient (Wildman–Crippen LogP) is 25.1. The minimum Gasteiger partial charge on any atom is -0.387 e. The van der Waals surface area contributed by atoms with E-state index in [1.54, 1.807) is 6.08 Å². The molecule has 3 unspecified atom stereocenters. The van der Waals surface area contributed by atoms with Gasteiger partial charge in [0.25, 0.3) is 0 Å². The molecule has 0 aromatic rings. The first kappa shape index (κ1) is 86.7. The number of carbonyl (C=O) groups is 1. The molecule has 0 radical (unpaired) electrons. The number of likely N-dealkylation sites (N-methyl/N-ethyl adjacent to an activating group) is 1. The molecule has 0 aliphatic carbocycles. The summed E-state index contributed by atoms with van der Waals surface area (Å²) in [5.74, 6) is -0.182. The lowest BCUT2D eigenvalue weighted by Gasteiger charge is -2.25. The van der Waals surface area contributed by atoms with Crippen molar-refractivity contribution in [3.8, 4) is 0 Å². The van der Waals surface area contributed by atoms with E-state index < -0.39 is 20.0 Å². The Morgan fingerprint density at radius 1 is 0.393 bits per heavy atom. The minimum atomic E-state index is -4.37. The number of aliphatic hydroxyl groups excluding tert-OH is 1. The van der Waals surface area contributed by atoms with Crippen molar-refractivity contribution in [1.82, 2.24) is 5.32 Å². The number of allylic oxidation sites excluding steroid dienone is 13. The molecule has 0 aromatic carbocycles. The molecule has 0 aliphatic heterocycles. The van der Waals surface area contributed by atoms with Gasteiger partial charge >= 0.3 is 7.82 Å². The zero-order valence-electron chi connectivity index (χ0n) is 59.7. The number of unbranched alkanes of at least 4 members (excludes halogenated alkanes) is 46. The third-order valence-corrected chi connectivity index (χ3v) is 18.3. The van der Waals surface area contributed by atoms with Crippen LogP contribution in [0.25, 0.3) is 0 Å². The van der Waals surface area contributed by atoms with Crippen LogP contribution in [-0.2, 0) is 18.4 Å². The summed E-state index contributed by atoms with van der Waals surface area (Å²) >= 11 is 0. The van der Waals surface area contributed by atoms with Crippen molar-refractivity contribution in [2.45, 2.75) is 379 Å². The molecule has 3 N–H and O–H groups in total. The van der Waals surface area contributed by atoms with E-state index in [1.807, 2.05) is 27.2 Å². The fourth-order valence-corrected chi connectivity index (χ4v) is 12.2. The summed E-state index contributed by atoms with van der Waals surface area (Å²) in [4.78, 5) is 23.5. The van der Waals surface area contributed by atoms with Gasteiger partial charge in [0, 0.05) is 6.42 Å². The van der Waals surface area contributed by atoms with Gasteiger partial charge in [-0.25, -0.2) is 4.57 Å². The van der Waals surface area contributed by atoms with Gasteiger partial charge in [0.2, 0.25) is 5.91 Å². The zero-order valence-corrected chi connectivity index (χ0v) is 60.6. The first-order chi connectivity index (χ1) is 43.5. The first-order valence-corrected chi connectivity index (χ1v) is 40.0. The monoisotopic (exact) mass is 1270 g/mol. The lowest BCUT2D eigenvalue weighted by Crippen LogP contribution is -2.45. The van der Waals surface area contributed by atoms with Crippen LogP contribution in [0, 0.1) is 0 Å². The molecule has 0 saturated carbocycles. The number of hydrogen-bond donors (Lipinski definition) is 3. The highest BCUT2D eigenvalue weighted by Gasteiger charge is 2.28. The third-order valence-electron chi connectivity index (χ3n) is 17.3. The Morgan fingerprint density at radius 3 is 1.03 bits per heavy atom. The number of quaternary nitrogens is 1. The average Bonchev–Trinajstić information content (AvgIpc) is 3.64. The maximum absolute atomic E-state index is 13.1. The van der Waals surface area contributed by atoms with Gasteiger partial charge in [-0.05, 0) is 77.0 Å². The minimum absolute atomic E-state index is 0.0553. The zero-order chi connectivity index (χ0) is 64.8. The number of rotatable bonds is 71. The molecular formula is C80H150N2O6P+. The molecular weight excluding hydrogens is 1120 g/mol. The van der Waals surface area contributed by atoms with Gasteiger partial charge in [0.1, 0.15) is 13.2 Å². The van der Waals surface area contributed by atoms with Crippen molar-refractivity contribution in [3.63, 3.8) is 0 Å². The summed E-state index contributed by atoms with van der Waals surface area (Å²) in [5, 5.41) is 14.0.